The molecule has 0 aromatic carbocycles. The Morgan fingerprint density at radius 2 is 1.69 bits per heavy atom. The van der Waals surface area contributed by atoms with Crippen LogP contribution in [0.15, 0.2) is 0 Å². The van der Waals surface area contributed by atoms with E-state index >= 15 is 0 Å². The topological polar surface area (TPSA) is 9.23 Å². The van der Waals surface area contributed by atoms with E-state index < -0.39 is 0 Å². The Labute approximate surface area is 87.9 Å². The molecule has 0 aromatic rings. The van der Waals surface area contributed by atoms with Crippen molar-refractivity contribution in [2.75, 3.05) is 0 Å². The molecule has 1 aliphatic rings. The average Bonchev–Trinajstić information content (AvgIpc) is 2.03. The van der Waals surface area contributed by atoms with Crippen LogP contribution in [0, 0.1) is 11.3 Å². The van der Waals surface area contributed by atoms with Crippen molar-refractivity contribution in [3.05, 3.63) is 0 Å². The van der Waals surface area contributed by atoms with Crippen LogP contribution >= 0.6 is 12.9 Å². The van der Waals surface area contributed by atoms with E-state index in [4.69, 9.17) is 4.18 Å². The van der Waals surface area contributed by atoms with Gasteiger partial charge in [-0.2, -0.15) is 0 Å². The molecule has 0 aliphatic heterocycles. The zero-order chi connectivity index (χ0) is 9.90. The van der Waals surface area contributed by atoms with Gasteiger partial charge in [-0.25, -0.2) is 0 Å². The lowest BCUT2D eigenvalue weighted by Gasteiger charge is -2.31. The van der Waals surface area contributed by atoms with E-state index in [1.807, 2.05) is 0 Å². The number of hydrogen-bond acceptors (Lipinski definition) is 2. The van der Waals surface area contributed by atoms with Crippen LogP contribution in [-0.2, 0) is 4.18 Å². The Bertz CT molecular complexity index is 143. The maximum absolute atomic E-state index is 5.06. The predicted molar refractivity (Wildman–Crippen MR) is 59.9 cm³/mol. The van der Waals surface area contributed by atoms with Gasteiger partial charge >= 0.3 is 0 Å². The zero-order valence-corrected chi connectivity index (χ0v) is 9.94. The van der Waals surface area contributed by atoms with Crippen molar-refractivity contribution in [3.63, 3.8) is 0 Å². The standard InChI is InChI=1S/C11H22OS/c1-11(2,3)8-9-4-6-10(12-13)7-5-9/h9-10,13H,4-8H2,1-3H3. The summed E-state index contributed by atoms with van der Waals surface area (Å²) >= 11 is 3.88. The third-order valence-corrected chi connectivity index (χ3v) is 3.14. The highest BCUT2D eigenvalue weighted by Gasteiger charge is 2.24. The van der Waals surface area contributed by atoms with E-state index in [2.05, 4.69) is 33.7 Å². The number of thiol groups is 1. The predicted octanol–water partition coefficient (Wildman–Crippen LogP) is 3.84. The van der Waals surface area contributed by atoms with Gasteiger partial charge < -0.3 is 4.18 Å². The summed E-state index contributed by atoms with van der Waals surface area (Å²) in [6.07, 6.45) is 6.81. The third-order valence-electron chi connectivity index (χ3n) is 2.84. The fourth-order valence-electron chi connectivity index (χ4n) is 2.31. The first-order valence-corrected chi connectivity index (χ1v) is 5.68. The van der Waals surface area contributed by atoms with Crippen LogP contribution in [-0.4, -0.2) is 6.10 Å². The molecule has 0 N–H and O–H groups in total. The van der Waals surface area contributed by atoms with Crippen LogP contribution in [0.4, 0.5) is 0 Å². The lowest BCUT2D eigenvalue weighted by molar-refractivity contribution is 0.137. The van der Waals surface area contributed by atoms with Gasteiger partial charge in [0.05, 0.1) is 6.10 Å². The SMILES string of the molecule is CC(C)(C)CC1CCC(OS)CC1. The molecule has 0 saturated heterocycles. The van der Waals surface area contributed by atoms with E-state index in [1.54, 1.807) is 0 Å². The van der Waals surface area contributed by atoms with Gasteiger partial charge in [-0.1, -0.05) is 20.8 Å². The summed E-state index contributed by atoms with van der Waals surface area (Å²) in [6, 6.07) is 0. The first-order valence-electron chi connectivity index (χ1n) is 5.31. The maximum Gasteiger partial charge on any atom is 0.0719 e. The van der Waals surface area contributed by atoms with E-state index in [9.17, 15) is 0 Å². The number of rotatable bonds is 2. The van der Waals surface area contributed by atoms with Crippen molar-refractivity contribution < 1.29 is 4.18 Å². The molecule has 0 heterocycles. The molecule has 0 radical (unpaired) electrons. The Morgan fingerprint density at radius 1 is 1.15 bits per heavy atom. The van der Waals surface area contributed by atoms with Crippen molar-refractivity contribution in [2.24, 2.45) is 11.3 Å². The highest BCUT2D eigenvalue weighted by Crippen LogP contribution is 2.35. The molecule has 2 heteroatoms. The first-order chi connectivity index (χ1) is 6.01. The second-order valence-corrected chi connectivity index (χ2v) is 5.72. The molecule has 1 fully saturated rings. The van der Waals surface area contributed by atoms with Crippen molar-refractivity contribution in [1.29, 1.82) is 0 Å². The molecule has 0 unspecified atom stereocenters. The molecular formula is C11H22OS. The van der Waals surface area contributed by atoms with Gasteiger partial charge in [0.25, 0.3) is 0 Å². The highest BCUT2D eigenvalue weighted by molar-refractivity contribution is 7.75. The third kappa shape index (κ3) is 4.37. The van der Waals surface area contributed by atoms with Crippen LogP contribution in [0.2, 0.25) is 0 Å². The van der Waals surface area contributed by atoms with Crippen molar-refractivity contribution in [1.82, 2.24) is 0 Å². The van der Waals surface area contributed by atoms with Gasteiger partial charge in [0, 0.05) is 0 Å². The molecule has 1 saturated carbocycles. The minimum Gasteiger partial charge on any atom is -0.315 e. The molecule has 1 aliphatic carbocycles. The Kier molecular flexibility index (Phi) is 4.11. The van der Waals surface area contributed by atoms with Crippen LogP contribution in [0.5, 0.6) is 0 Å². The second kappa shape index (κ2) is 4.70. The van der Waals surface area contributed by atoms with Crippen LogP contribution in [0.25, 0.3) is 0 Å². The molecule has 0 aromatic heterocycles. The van der Waals surface area contributed by atoms with E-state index in [-0.39, 0.29) is 0 Å². The van der Waals surface area contributed by atoms with E-state index in [0.717, 1.165) is 5.92 Å². The van der Waals surface area contributed by atoms with Crippen molar-refractivity contribution in [3.8, 4) is 0 Å². The molecule has 78 valence electrons. The summed E-state index contributed by atoms with van der Waals surface area (Å²) in [5, 5.41) is 0. The molecule has 0 atom stereocenters. The minimum absolute atomic E-state index is 0.416. The second-order valence-electron chi connectivity index (χ2n) is 5.51. The average molecular weight is 202 g/mol. The number of hydrogen-bond donors (Lipinski definition) is 1. The monoisotopic (exact) mass is 202 g/mol. The first kappa shape index (κ1) is 11.4. The Morgan fingerprint density at radius 3 is 2.08 bits per heavy atom. The summed E-state index contributed by atoms with van der Waals surface area (Å²) in [4.78, 5) is 0. The molecule has 0 amide bonds. The van der Waals surface area contributed by atoms with Crippen molar-refractivity contribution in [2.45, 2.75) is 59.0 Å². The molecule has 13 heavy (non-hydrogen) atoms. The largest absolute Gasteiger partial charge is 0.315 e. The molecule has 1 nitrogen and oxygen atoms in total. The maximum atomic E-state index is 5.06. The Hall–Kier alpha value is 0.310. The van der Waals surface area contributed by atoms with Gasteiger partial charge in [-0.05, 0) is 56.3 Å². The highest BCUT2D eigenvalue weighted by atomic mass is 32.1. The van der Waals surface area contributed by atoms with E-state index in [1.165, 1.54) is 32.1 Å². The van der Waals surface area contributed by atoms with Crippen LogP contribution in [0.3, 0.4) is 0 Å². The molecule has 0 bridgehead atoms. The zero-order valence-electron chi connectivity index (χ0n) is 9.05. The lowest BCUT2D eigenvalue weighted by Crippen LogP contribution is -2.22. The molecule has 0 spiro atoms. The normalized spacial score (nSPS) is 30.5. The fraction of sp³-hybridized carbons (Fsp3) is 1.00. The summed E-state index contributed by atoms with van der Waals surface area (Å²) in [5.74, 6) is 0.916. The van der Waals surface area contributed by atoms with E-state index in [0.29, 0.717) is 11.5 Å². The van der Waals surface area contributed by atoms with Crippen molar-refractivity contribution >= 4 is 12.9 Å². The minimum atomic E-state index is 0.416. The summed E-state index contributed by atoms with van der Waals surface area (Å²) < 4.78 is 5.06. The van der Waals surface area contributed by atoms with Gasteiger partial charge in [0.1, 0.15) is 0 Å². The van der Waals surface area contributed by atoms with Gasteiger partial charge in [-0.3, -0.25) is 0 Å². The molecule has 1 rings (SSSR count). The summed E-state index contributed by atoms with van der Waals surface area (Å²) in [5.41, 5.74) is 0.485. The summed E-state index contributed by atoms with van der Waals surface area (Å²) in [7, 11) is 0. The van der Waals surface area contributed by atoms with Gasteiger partial charge in [0.2, 0.25) is 0 Å². The molecular weight excluding hydrogens is 180 g/mol. The van der Waals surface area contributed by atoms with Gasteiger partial charge in [-0.15, -0.1) is 0 Å². The fourth-order valence-corrected chi connectivity index (χ4v) is 2.52. The van der Waals surface area contributed by atoms with Gasteiger partial charge in [0.15, 0.2) is 0 Å². The van der Waals surface area contributed by atoms with Crippen LogP contribution < -0.4 is 0 Å². The lowest BCUT2D eigenvalue weighted by atomic mass is 9.77. The van der Waals surface area contributed by atoms with Crippen LogP contribution in [0.1, 0.15) is 52.9 Å². The Balaban J connectivity index is 2.25. The smallest absolute Gasteiger partial charge is 0.0719 e. The quantitative estimate of drug-likeness (QED) is 0.528. The summed E-state index contributed by atoms with van der Waals surface area (Å²) in [6.45, 7) is 6.98.